The molecule has 2 saturated heterocycles. The summed E-state index contributed by atoms with van der Waals surface area (Å²) in [7, 11) is 3.35. The maximum absolute atomic E-state index is 12.1. The molecule has 0 radical (unpaired) electrons. The van der Waals surface area contributed by atoms with Gasteiger partial charge in [0.15, 0.2) is 0 Å². The quantitative estimate of drug-likeness (QED) is 0.751. The molecule has 6 heteroatoms. The summed E-state index contributed by atoms with van der Waals surface area (Å²) in [5.41, 5.74) is 0. The Kier molecular flexibility index (Phi) is 6.41. The molecule has 2 aliphatic heterocycles. The standard InChI is InChI=1S/C15H27NO5/c1-10-8-21-12(15(10)19-3)4-5-14(17)16-11-6-7-20-13(11)9-18-2/h10-13,15H,4-9H2,1-3H3,(H,16,17)/t10?,11-,12-,13-,15-/m1/s1. The van der Waals surface area contributed by atoms with E-state index in [0.717, 1.165) is 6.42 Å². The number of hydrogen-bond acceptors (Lipinski definition) is 5. The monoisotopic (exact) mass is 301 g/mol. The minimum Gasteiger partial charge on any atom is -0.382 e. The lowest BCUT2D eigenvalue weighted by Crippen LogP contribution is -2.42. The fourth-order valence-electron chi connectivity index (χ4n) is 3.16. The largest absolute Gasteiger partial charge is 0.382 e. The van der Waals surface area contributed by atoms with E-state index in [1.54, 1.807) is 14.2 Å². The normalized spacial score (nSPS) is 36.0. The predicted molar refractivity (Wildman–Crippen MR) is 77.1 cm³/mol. The van der Waals surface area contributed by atoms with E-state index in [-0.39, 0.29) is 30.3 Å². The predicted octanol–water partition coefficient (Wildman–Crippen LogP) is 0.737. The van der Waals surface area contributed by atoms with Gasteiger partial charge in [-0.1, -0.05) is 6.92 Å². The zero-order valence-corrected chi connectivity index (χ0v) is 13.2. The molecular formula is C15H27NO5. The fourth-order valence-corrected chi connectivity index (χ4v) is 3.16. The number of carbonyl (C=O) groups excluding carboxylic acids is 1. The Hall–Kier alpha value is -0.690. The van der Waals surface area contributed by atoms with Crippen molar-refractivity contribution in [2.45, 2.75) is 50.5 Å². The Morgan fingerprint density at radius 1 is 1.29 bits per heavy atom. The lowest BCUT2D eigenvalue weighted by atomic mass is 10.0. The molecule has 6 nitrogen and oxygen atoms in total. The van der Waals surface area contributed by atoms with E-state index in [2.05, 4.69) is 12.2 Å². The first-order chi connectivity index (χ1) is 10.2. The number of hydrogen-bond donors (Lipinski definition) is 1. The molecule has 21 heavy (non-hydrogen) atoms. The number of nitrogens with one attached hydrogen (secondary N) is 1. The van der Waals surface area contributed by atoms with Crippen molar-refractivity contribution in [1.29, 1.82) is 0 Å². The van der Waals surface area contributed by atoms with Crippen LogP contribution in [0.3, 0.4) is 0 Å². The Morgan fingerprint density at radius 3 is 2.81 bits per heavy atom. The van der Waals surface area contributed by atoms with Crippen LogP contribution >= 0.6 is 0 Å². The zero-order chi connectivity index (χ0) is 15.2. The van der Waals surface area contributed by atoms with Gasteiger partial charge in [-0.3, -0.25) is 4.79 Å². The molecule has 1 N–H and O–H groups in total. The second kappa shape index (κ2) is 8.08. The molecule has 5 atom stereocenters. The molecule has 0 aromatic carbocycles. The fraction of sp³-hybridized carbons (Fsp3) is 0.933. The van der Waals surface area contributed by atoms with Crippen LogP contribution in [0.4, 0.5) is 0 Å². The van der Waals surface area contributed by atoms with Crippen LogP contribution in [-0.2, 0) is 23.7 Å². The Labute approximate surface area is 126 Å². The van der Waals surface area contributed by atoms with Gasteiger partial charge >= 0.3 is 0 Å². The average Bonchev–Trinajstić information content (AvgIpc) is 3.04. The molecule has 0 aliphatic carbocycles. The molecule has 1 unspecified atom stereocenters. The maximum atomic E-state index is 12.1. The number of ether oxygens (including phenoxy) is 4. The van der Waals surface area contributed by atoms with Crippen molar-refractivity contribution in [2.75, 3.05) is 34.0 Å². The van der Waals surface area contributed by atoms with Crippen LogP contribution in [0, 0.1) is 5.92 Å². The summed E-state index contributed by atoms with van der Waals surface area (Å²) in [5, 5.41) is 3.04. The van der Waals surface area contributed by atoms with Gasteiger partial charge in [-0.2, -0.15) is 0 Å². The van der Waals surface area contributed by atoms with Crippen molar-refractivity contribution in [1.82, 2.24) is 5.32 Å². The number of methoxy groups -OCH3 is 2. The molecule has 0 aromatic heterocycles. The molecule has 1 amide bonds. The third kappa shape index (κ3) is 4.39. The van der Waals surface area contributed by atoms with E-state index in [1.165, 1.54) is 0 Å². The van der Waals surface area contributed by atoms with Gasteiger partial charge in [0.05, 0.1) is 31.5 Å². The number of carbonyl (C=O) groups is 1. The minimum atomic E-state index is -0.0339. The summed E-state index contributed by atoms with van der Waals surface area (Å²) in [6, 6.07) is 0.0547. The van der Waals surface area contributed by atoms with Crippen LogP contribution in [0.25, 0.3) is 0 Å². The summed E-state index contributed by atoms with van der Waals surface area (Å²) < 4.78 is 21.8. The lowest BCUT2D eigenvalue weighted by molar-refractivity contribution is -0.123. The van der Waals surface area contributed by atoms with Gasteiger partial charge in [-0.25, -0.2) is 0 Å². The summed E-state index contributed by atoms with van der Waals surface area (Å²) in [4.78, 5) is 12.1. The van der Waals surface area contributed by atoms with Gasteiger partial charge in [0.1, 0.15) is 6.10 Å². The van der Waals surface area contributed by atoms with E-state index >= 15 is 0 Å². The van der Waals surface area contributed by atoms with Crippen molar-refractivity contribution < 1.29 is 23.7 Å². The molecule has 2 rings (SSSR count). The highest BCUT2D eigenvalue weighted by Crippen LogP contribution is 2.25. The molecule has 0 aromatic rings. The molecular weight excluding hydrogens is 274 g/mol. The molecule has 2 aliphatic rings. The summed E-state index contributed by atoms with van der Waals surface area (Å²) in [6.45, 7) is 4.00. The first-order valence-electron chi connectivity index (χ1n) is 7.70. The van der Waals surface area contributed by atoms with Crippen LogP contribution in [0.1, 0.15) is 26.2 Å². The third-order valence-corrected chi connectivity index (χ3v) is 4.32. The summed E-state index contributed by atoms with van der Waals surface area (Å²) in [5.74, 6) is 0.432. The summed E-state index contributed by atoms with van der Waals surface area (Å²) >= 11 is 0. The molecule has 0 spiro atoms. The van der Waals surface area contributed by atoms with Crippen molar-refractivity contribution in [3.8, 4) is 0 Å². The van der Waals surface area contributed by atoms with Crippen LogP contribution in [0.2, 0.25) is 0 Å². The molecule has 122 valence electrons. The topological polar surface area (TPSA) is 66.0 Å². The molecule has 0 saturated carbocycles. The first-order valence-corrected chi connectivity index (χ1v) is 7.70. The van der Waals surface area contributed by atoms with E-state index in [9.17, 15) is 4.79 Å². The zero-order valence-electron chi connectivity index (χ0n) is 13.2. The van der Waals surface area contributed by atoms with Crippen molar-refractivity contribution in [3.63, 3.8) is 0 Å². The molecule has 2 heterocycles. The molecule has 2 fully saturated rings. The van der Waals surface area contributed by atoms with E-state index in [1.807, 2.05) is 0 Å². The van der Waals surface area contributed by atoms with E-state index in [4.69, 9.17) is 18.9 Å². The Balaban J connectivity index is 1.72. The first kappa shape index (κ1) is 16.7. The highest BCUT2D eigenvalue weighted by Gasteiger charge is 2.35. The van der Waals surface area contributed by atoms with E-state index < -0.39 is 0 Å². The van der Waals surface area contributed by atoms with Gasteiger partial charge in [-0.05, 0) is 12.8 Å². The van der Waals surface area contributed by atoms with Crippen molar-refractivity contribution in [3.05, 3.63) is 0 Å². The van der Waals surface area contributed by atoms with Crippen LogP contribution in [0.15, 0.2) is 0 Å². The second-order valence-electron chi connectivity index (χ2n) is 5.92. The van der Waals surface area contributed by atoms with Gasteiger partial charge in [-0.15, -0.1) is 0 Å². The third-order valence-electron chi connectivity index (χ3n) is 4.32. The van der Waals surface area contributed by atoms with Crippen LogP contribution < -0.4 is 5.32 Å². The van der Waals surface area contributed by atoms with Crippen molar-refractivity contribution in [2.24, 2.45) is 5.92 Å². The Morgan fingerprint density at radius 2 is 2.10 bits per heavy atom. The highest BCUT2D eigenvalue weighted by atomic mass is 16.6. The average molecular weight is 301 g/mol. The summed E-state index contributed by atoms with van der Waals surface area (Å²) in [6.07, 6.45) is 2.06. The van der Waals surface area contributed by atoms with Crippen LogP contribution in [0.5, 0.6) is 0 Å². The van der Waals surface area contributed by atoms with Crippen molar-refractivity contribution >= 4 is 5.91 Å². The second-order valence-corrected chi connectivity index (χ2v) is 5.92. The number of rotatable bonds is 7. The number of amides is 1. The van der Waals surface area contributed by atoms with Gasteiger partial charge < -0.3 is 24.3 Å². The smallest absolute Gasteiger partial charge is 0.220 e. The van der Waals surface area contributed by atoms with Gasteiger partial charge in [0, 0.05) is 33.2 Å². The lowest BCUT2D eigenvalue weighted by Gasteiger charge is -2.21. The van der Waals surface area contributed by atoms with Crippen LogP contribution in [-0.4, -0.2) is 64.3 Å². The maximum Gasteiger partial charge on any atom is 0.220 e. The minimum absolute atomic E-state index is 0.0188. The molecule has 0 bridgehead atoms. The van der Waals surface area contributed by atoms with E-state index in [0.29, 0.717) is 38.6 Å². The SMILES string of the molecule is COC[C@H]1OCC[C@H]1NC(=O)CC[C@H]1OCC(C)[C@H]1OC. The van der Waals surface area contributed by atoms with Gasteiger partial charge in [0.25, 0.3) is 0 Å². The Bertz CT molecular complexity index is 338. The van der Waals surface area contributed by atoms with Gasteiger partial charge in [0.2, 0.25) is 5.91 Å². The highest BCUT2D eigenvalue weighted by molar-refractivity contribution is 5.76.